The van der Waals surface area contributed by atoms with Gasteiger partial charge in [0, 0.05) is 6.54 Å². The van der Waals surface area contributed by atoms with E-state index in [1.807, 2.05) is 0 Å². The molecule has 1 rings (SSSR count). The molecule has 1 saturated heterocycles. The van der Waals surface area contributed by atoms with E-state index in [0.29, 0.717) is 6.54 Å². The summed E-state index contributed by atoms with van der Waals surface area (Å²) in [5, 5.41) is 12.8. The largest absolute Gasteiger partial charge is 0.548 e. The number of unbranched alkanes of at least 4 members (excludes halogenated alkanes) is 3. The number of amides is 1. The van der Waals surface area contributed by atoms with Gasteiger partial charge in [-0.1, -0.05) is 19.3 Å². The molecule has 21 heavy (non-hydrogen) atoms. The highest BCUT2D eigenvalue weighted by atomic mass is 16.5. The summed E-state index contributed by atoms with van der Waals surface area (Å²) in [7, 11) is 0. The van der Waals surface area contributed by atoms with Crippen LogP contribution in [0.5, 0.6) is 0 Å². The SMILES string of the molecule is O=C([O-])COCC(=O)NCCCCCCN1CCCCC1. The smallest absolute Gasteiger partial charge is 0.246 e. The molecule has 0 aromatic heterocycles. The normalized spacial score (nSPS) is 15.8. The number of carbonyl (C=O) groups is 2. The van der Waals surface area contributed by atoms with Crippen molar-refractivity contribution in [2.75, 3.05) is 39.4 Å². The maximum atomic E-state index is 11.3. The molecule has 0 radical (unpaired) electrons. The molecule has 1 aliphatic heterocycles. The number of carbonyl (C=O) groups excluding carboxylic acids is 2. The summed E-state index contributed by atoms with van der Waals surface area (Å²) in [4.78, 5) is 23.9. The van der Waals surface area contributed by atoms with E-state index < -0.39 is 12.6 Å². The number of hydrogen-bond acceptors (Lipinski definition) is 5. The molecular formula is C15H27N2O4-. The van der Waals surface area contributed by atoms with E-state index in [1.54, 1.807) is 0 Å². The first-order valence-corrected chi connectivity index (χ1v) is 7.95. The van der Waals surface area contributed by atoms with Crippen molar-refractivity contribution in [1.82, 2.24) is 10.2 Å². The predicted molar refractivity (Wildman–Crippen MR) is 77.6 cm³/mol. The fraction of sp³-hybridized carbons (Fsp3) is 0.867. The Morgan fingerprint density at radius 3 is 2.43 bits per heavy atom. The lowest BCUT2D eigenvalue weighted by atomic mass is 10.1. The molecule has 6 nitrogen and oxygen atoms in total. The lowest BCUT2D eigenvalue weighted by Gasteiger charge is -2.26. The summed E-state index contributed by atoms with van der Waals surface area (Å²) in [6.45, 7) is 3.57. The quantitative estimate of drug-likeness (QED) is 0.539. The average molecular weight is 299 g/mol. The monoisotopic (exact) mass is 299 g/mol. The van der Waals surface area contributed by atoms with Gasteiger partial charge in [-0.25, -0.2) is 0 Å². The zero-order valence-electron chi connectivity index (χ0n) is 12.8. The molecule has 1 amide bonds. The van der Waals surface area contributed by atoms with Gasteiger partial charge in [0.2, 0.25) is 5.91 Å². The summed E-state index contributed by atoms with van der Waals surface area (Å²) < 4.78 is 4.64. The highest BCUT2D eigenvalue weighted by Crippen LogP contribution is 2.10. The second-order valence-corrected chi connectivity index (χ2v) is 5.53. The van der Waals surface area contributed by atoms with Crippen LogP contribution >= 0.6 is 0 Å². The molecule has 1 heterocycles. The van der Waals surface area contributed by atoms with Crippen LogP contribution in [0.4, 0.5) is 0 Å². The van der Waals surface area contributed by atoms with Gasteiger partial charge in [0.15, 0.2) is 0 Å². The number of nitrogens with one attached hydrogen (secondary N) is 1. The lowest BCUT2D eigenvalue weighted by Crippen LogP contribution is -2.32. The Bertz CT molecular complexity index is 304. The van der Waals surface area contributed by atoms with Crippen LogP contribution in [0.15, 0.2) is 0 Å². The Balaban J connectivity index is 1.83. The number of ether oxygens (including phenoxy) is 1. The standard InChI is InChI=1S/C15H28N2O4/c18-14(12-21-13-15(19)20)16-8-4-1-2-5-9-17-10-6-3-7-11-17/h1-13H2,(H,16,18)(H,19,20)/p-1. The van der Waals surface area contributed by atoms with Crippen molar-refractivity contribution in [2.24, 2.45) is 0 Å². The fourth-order valence-corrected chi connectivity index (χ4v) is 2.50. The summed E-state index contributed by atoms with van der Waals surface area (Å²) in [6.07, 6.45) is 8.53. The van der Waals surface area contributed by atoms with E-state index in [4.69, 9.17) is 0 Å². The molecule has 122 valence electrons. The van der Waals surface area contributed by atoms with E-state index in [1.165, 1.54) is 51.7 Å². The Labute approximate surface area is 126 Å². The van der Waals surface area contributed by atoms with Gasteiger partial charge in [0.25, 0.3) is 0 Å². The highest BCUT2D eigenvalue weighted by molar-refractivity contribution is 5.77. The van der Waals surface area contributed by atoms with Crippen LogP contribution in [-0.4, -0.2) is 56.2 Å². The number of piperidine rings is 1. The number of aliphatic carboxylic acids is 1. The second-order valence-electron chi connectivity index (χ2n) is 5.53. The molecule has 1 aliphatic rings. The zero-order chi connectivity index (χ0) is 15.3. The first-order chi connectivity index (χ1) is 10.2. The van der Waals surface area contributed by atoms with Gasteiger partial charge >= 0.3 is 0 Å². The molecule has 0 aromatic carbocycles. The van der Waals surface area contributed by atoms with Crippen molar-refractivity contribution >= 4 is 11.9 Å². The van der Waals surface area contributed by atoms with Crippen molar-refractivity contribution in [3.8, 4) is 0 Å². The van der Waals surface area contributed by atoms with Gasteiger partial charge < -0.3 is 24.9 Å². The zero-order valence-corrected chi connectivity index (χ0v) is 12.8. The van der Waals surface area contributed by atoms with E-state index in [-0.39, 0.29) is 12.5 Å². The minimum absolute atomic E-state index is 0.219. The first kappa shape index (κ1) is 17.9. The second kappa shape index (κ2) is 11.5. The van der Waals surface area contributed by atoms with Crippen LogP contribution in [0.25, 0.3) is 0 Å². The van der Waals surface area contributed by atoms with Crippen LogP contribution in [0.1, 0.15) is 44.9 Å². The maximum Gasteiger partial charge on any atom is 0.246 e. The van der Waals surface area contributed by atoms with Crippen LogP contribution in [0.3, 0.4) is 0 Å². The van der Waals surface area contributed by atoms with Crippen molar-refractivity contribution in [3.05, 3.63) is 0 Å². The Morgan fingerprint density at radius 2 is 1.71 bits per heavy atom. The number of nitrogens with zero attached hydrogens (tertiary/aromatic N) is 1. The number of carboxylic acids is 1. The van der Waals surface area contributed by atoms with Crippen LogP contribution < -0.4 is 10.4 Å². The summed E-state index contributed by atoms with van der Waals surface area (Å²) in [5.41, 5.74) is 0. The Hall–Kier alpha value is -1.14. The Morgan fingerprint density at radius 1 is 1.00 bits per heavy atom. The third kappa shape index (κ3) is 10.3. The van der Waals surface area contributed by atoms with Gasteiger partial charge in [-0.05, 0) is 45.3 Å². The fourth-order valence-electron chi connectivity index (χ4n) is 2.50. The number of likely N-dealkylation sites (tertiary alicyclic amines) is 1. The van der Waals surface area contributed by atoms with Crippen molar-refractivity contribution in [3.63, 3.8) is 0 Å². The molecule has 1 fully saturated rings. The average Bonchev–Trinajstić information content (AvgIpc) is 2.47. The minimum Gasteiger partial charge on any atom is -0.548 e. The summed E-state index contributed by atoms with van der Waals surface area (Å²) in [6, 6.07) is 0. The van der Waals surface area contributed by atoms with E-state index in [9.17, 15) is 14.7 Å². The van der Waals surface area contributed by atoms with Gasteiger partial charge in [0.1, 0.15) is 6.61 Å². The number of carboxylic acid groups (broad SMARTS) is 1. The van der Waals surface area contributed by atoms with Gasteiger partial charge in [0.05, 0.1) is 12.6 Å². The third-order valence-electron chi connectivity index (χ3n) is 3.63. The molecule has 0 saturated carbocycles. The van der Waals surface area contributed by atoms with Crippen LogP contribution in [0.2, 0.25) is 0 Å². The first-order valence-electron chi connectivity index (χ1n) is 7.95. The summed E-state index contributed by atoms with van der Waals surface area (Å²) >= 11 is 0. The van der Waals surface area contributed by atoms with Gasteiger partial charge in [-0.2, -0.15) is 0 Å². The Kier molecular flexibility index (Phi) is 9.82. The van der Waals surface area contributed by atoms with Crippen LogP contribution in [-0.2, 0) is 14.3 Å². The van der Waals surface area contributed by atoms with E-state index in [0.717, 1.165) is 12.8 Å². The van der Waals surface area contributed by atoms with Crippen molar-refractivity contribution in [2.45, 2.75) is 44.9 Å². The predicted octanol–water partition coefficient (Wildman–Crippen LogP) is -0.0846. The topological polar surface area (TPSA) is 81.7 Å². The maximum absolute atomic E-state index is 11.3. The summed E-state index contributed by atoms with van der Waals surface area (Å²) in [5.74, 6) is -1.58. The van der Waals surface area contributed by atoms with E-state index in [2.05, 4.69) is 15.0 Å². The van der Waals surface area contributed by atoms with Crippen LogP contribution in [0, 0.1) is 0 Å². The molecule has 0 unspecified atom stereocenters. The van der Waals surface area contributed by atoms with Gasteiger partial charge in [-0.3, -0.25) is 4.79 Å². The van der Waals surface area contributed by atoms with Gasteiger partial charge in [-0.15, -0.1) is 0 Å². The molecule has 1 N–H and O–H groups in total. The molecule has 6 heteroatoms. The third-order valence-corrected chi connectivity index (χ3v) is 3.63. The molecule has 0 bridgehead atoms. The molecular weight excluding hydrogens is 272 g/mol. The molecule has 0 atom stereocenters. The van der Waals surface area contributed by atoms with E-state index >= 15 is 0 Å². The molecule has 0 spiro atoms. The molecule has 0 aromatic rings. The highest BCUT2D eigenvalue weighted by Gasteiger charge is 2.08. The van der Waals surface area contributed by atoms with Crippen molar-refractivity contribution in [1.29, 1.82) is 0 Å². The molecule has 0 aliphatic carbocycles. The number of rotatable bonds is 11. The van der Waals surface area contributed by atoms with Crippen molar-refractivity contribution < 1.29 is 19.4 Å². The lowest BCUT2D eigenvalue weighted by molar-refractivity contribution is -0.309. The number of hydrogen-bond donors (Lipinski definition) is 1. The minimum atomic E-state index is -1.31.